The van der Waals surface area contributed by atoms with Crippen molar-refractivity contribution in [3.8, 4) is 17.4 Å². The Labute approximate surface area is 187 Å². The highest BCUT2D eigenvalue weighted by Gasteiger charge is 2.57. The van der Waals surface area contributed by atoms with Crippen LogP contribution in [0.2, 0.25) is 0 Å². The number of anilines is 1. The van der Waals surface area contributed by atoms with E-state index in [1.54, 1.807) is 32.9 Å². The number of rotatable bonds is 5. The second-order valence-electron chi connectivity index (χ2n) is 10.0. The fraction of sp³-hybridized carbons (Fsp3) is 0.458. The van der Waals surface area contributed by atoms with Crippen molar-refractivity contribution in [1.29, 1.82) is 0 Å². The average molecular weight is 439 g/mol. The van der Waals surface area contributed by atoms with Crippen LogP contribution in [0.1, 0.15) is 53.0 Å². The summed E-state index contributed by atoms with van der Waals surface area (Å²) in [6.45, 7) is 10.0. The van der Waals surface area contributed by atoms with E-state index in [4.69, 9.17) is 9.47 Å². The quantitative estimate of drug-likeness (QED) is 0.767. The van der Waals surface area contributed by atoms with Gasteiger partial charge in [0.15, 0.2) is 0 Å². The van der Waals surface area contributed by atoms with E-state index in [0.717, 1.165) is 16.2 Å². The third-order valence-electron chi connectivity index (χ3n) is 5.89. The number of aromatic nitrogens is 1. The van der Waals surface area contributed by atoms with E-state index in [1.165, 1.54) is 6.20 Å². The number of amides is 2. The van der Waals surface area contributed by atoms with Gasteiger partial charge in [0.1, 0.15) is 23.1 Å². The normalized spacial score (nSPS) is 17.7. The summed E-state index contributed by atoms with van der Waals surface area (Å²) in [5.41, 5.74) is -0.573. The molecular formula is C24H28N3O5-. The van der Waals surface area contributed by atoms with Gasteiger partial charge >= 0.3 is 0 Å². The number of carbonyl (C=O) groups excluding carboxylic acids is 2. The van der Waals surface area contributed by atoms with Gasteiger partial charge in [-0.25, -0.2) is 4.98 Å². The summed E-state index contributed by atoms with van der Waals surface area (Å²) in [6, 6.07) is 9.02. The third-order valence-corrected chi connectivity index (χ3v) is 5.89. The maximum absolute atomic E-state index is 12.9. The topological polar surface area (TPSA) is 104 Å². The fourth-order valence-electron chi connectivity index (χ4n) is 4.35. The Morgan fingerprint density at radius 3 is 2.47 bits per heavy atom. The van der Waals surface area contributed by atoms with Gasteiger partial charge < -0.3 is 29.6 Å². The zero-order valence-corrected chi connectivity index (χ0v) is 19.0. The molecule has 8 nitrogen and oxygen atoms in total. The molecule has 1 N–H and O–H groups in total. The van der Waals surface area contributed by atoms with Crippen molar-refractivity contribution >= 4 is 17.7 Å². The maximum atomic E-state index is 12.9. The molecule has 0 saturated heterocycles. The number of nitrogens with one attached hydrogen (secondary N) is 1. The highest BCUT2D eigenvalue weighted by molar-refractivity contribution is 6.02. The van der Waals surface area contributed by atoms with Crippen molar-refractivity contribution < 1.29 is 24.2 Å². The lowest BCUT2D eigenvalue weighted by molar-refractivity contribution is -0.274. The molecule has 1 saturated carbocycles. The van der Waals surface area contributed by atoms with Crippen molar-refractivity contribution in [2.45, 2.75) is 64.0 Å². The van der Waals surface area contributed by atoms with Crippen LogP contribution in [0.4, 0.5) is 10.5 Å². The molecule has 2 amide bonds. The molecule has 170 valence electrons. The molecule has 0 spiro atoms. The molecule has 2 heterocycles. The Morgan fingerprint density at radius 2 is 1.91 bits per heavy atom. The van der Waals surface area contributed by atoms with Crippen molar-refractivity contribution in [1.82, 2.24) is 9.88 Å². The minimum Gasteiger partial charge on any atom is -0.530 e. The Morgan fingerprint density at radius 1 is 1.19 bits per heavy atom. The van der Waals surface area contributed by atoms with E-state index in [2.05, 4.69) is 24.1 Å². The summed E-state index contributed by atoms with van der Waals surface area (Å²) in [7, 11) is 0. The van der Waals surface area contributed by atoms with Gasteiger partial charge in [-0.2, -0.15) is 0 Å². The highest BCUT2D eigenvalue weighted by atomic mass is 16.5. The van der Waals surface area contributed by atoms with Crippen LogP contribution in [0.25, 0.3) is 0 Å². The van der Waals surface area contributed by atoms with Gasteiger partial charge in [0.05, 0.1) is 18.5 Å². The number of hydrogen-bond acceptors (Lipinski definition) is 6. The average Bonchev–Trinajstić information content (AvgIpc) is 3.41. The van der Waals surface area contributed by atoms with Crippen LogP contribution in [-0.4, -0.2) is 39.6 Å². The lowest BCUT2D eigenvalue weighted by Gasteiger charge is -2.43. The second-order valence-corrected chi connectivity index (χ2v) is 10.0. The molecule has 1 aromatic heterocycles. The van der Waals surface area contributed by atoms with Crippen molar-refractivity contribution in [3.63, 3.8) is 0 Å². The van der Waals surface area contributed by atoms with Crippen LogP contribution in [0.3, 0.4) is 0 Å². The number of pyridine rings is 1. The van der Waals surface area contributed by atoms with Crippen LogP contribution in [-0.2, 0) is 10.2 Å². The molecular weight excluding hydrogens is 410 g/mol. The molecule has 0 bridgehead atoms. The Hall–Kier alpha value is -3.29. The van der Waals surface area contributed by atoms with Crippen LogP contribution < -0.4 is 19.9 Å². The van der Waals surface area contributed by atoms with E-state index in [-0.39, 0.29) is 11.3 Å². The lowest BCUT2D eigenvalue weighted by atomic mass is 9.86. The zero-order valence-electron chi connectivity index (χ0n) is 19.0. The number of benzene rings is 1. The first-order valence-electron chi connectivity index (χ1n) is 10.7. The number of ether oxygens (including phenoxy) is 2. The molecule has 1 aliphatic carbocycles. The smallest absolute Gasteiger partial charge is 0.250 e. The second kappa shape index (κ2) is 7.39. The van der Waals surface area contributed by atoms with Gasteiger partial charge in [-0.15, -0.1) is 0 Å². The van der Waals surface area contributed by atoms with E-state index in [1.807, 2.05) is 18.2 Å². The Bertz CT molecular complexity index is 1050. The Kier molecular flexibility index (Phi) is 5.07. The van der Waals surface area contributed by atoms with Gasteiger partial charge in [0, 0.05) is 22.6 Å². The fourth-order valence-corrected chi connectivity index (χ4v) is 4.35. The van der Waals surface area contributed by atoms with Gasteiger partial charge in [-0.3, -0.25) is 4.79 Å². The van der Waals surface area contributed by atoms with Gasteiger partial charge in [-0.1, -0.05) is 19.9 Å². The van der Waals surface area contributed by atoms with Crippen LogP contribution in [0.5, 0.6) is 17.4 Å². The third kappa shape index (κ3) is 3.85. The first-order valence-corrected chi connectivity index (χ1v) is 10.7. The molecule has 0 atom stereocenters. The summed E-state index contributed by atoms with van der Waals surface area (Å²) >= 11 is 0. The molecule has 0 radical (unpaired) electrons. The SMILES string of the molecule is CC1(C)COc2cccc(Oc3ccc(NC(=O)C4(N(C(=O)[O-])C(C)(C)C)CC4)cn3)c21. The summed E-state index contributed by atoms with van der Waals surface area (Å²) in [6.07, 6.45) is 1.05. The first kappa shape index (κ1) is 21.9. The van der Waals surface area contributed by atoms with Gasteiger partial charge in [0.25, 0.3) is 0 Å². The number of nitrogens with zero attached hydrogens (tertiary/aromatic N) is 2. The summed E-state index contributed by atoms with van der Waals surface area (Å²) in [5, 5.41) is 14.5. The van der Waals surface area contributed by atoms with Crippen molar-refractivity contribution in [2.24, 2.45) is 0 Å². The molecule has 4 rings (SSSR count). The van der Waals surface area contributed by atoms with Gasteiger partial charge in [-0.05, 0) is 51.8 Å². The van der Waals surface area contributed by atoms with Crippen molar-refractivity contribution in [3.05, 3.63) is 42.1 Å². The first-order chi connectivity index (χ1) is 14.9. The van der Waals surface area contributed by atoms with Crippen molar-refractivity contribution in [2.75, 3.05) is 11.9 Å². The monoisotopic (exact) mass is 438 g/mol. The predicted molar refractivity (Wildman–Crippen MR) is 117 cm³/mol. The van der Waals surface area contributed by atoms with E-state index in [9.17, 15) is 14.7 Å². The van der Waals surface area contributed by atoms with E-state index < -0.39 is 17.2 Å². The highest BCUT2D eigenvalue weighted by Crippen LogP contribution is 2.46. The predicted octanol–water partition coefficient (Wildman–Crippen LogP) is 3.46. The van der Waals surface area contributed by atoms with Crippen LogP contribution in [0, 0.1) is 0 Å². The summed E-state index contributed by atoms with van der Waals surface area (Å²) < 4.78 is 11.8. The van der Waals surface area contributed by atoms with E-state index in [0.29, 0.717) is 36.8 Å². The molecule has 1 aromatic carbocycles. The number of fused-ring (bicyclic) bond motifs is 1. The molecule has 0 unspecified atom stereocenters. The van der Waals surface area contributed by atoms with E-state index >= 15 is 0 Å². The maximum Gasteiger partial charge on any atom is 0.250 e. The molecule has 1 fully saturated rings. The molecule has 2 aromatic rings. The number of carbonyl (C=O) groups is 2. The van der Waals surface area contributed by atoms with Gasteiger partial charge in [0.2, 0.25) is 11.8 Å². The Balaban J connectivity index is 1.49. The standard InChI is InChI=1S/C24H29N3O5/c1-22(2,3)27(21(29)30)24(11-12-24)20(28)26-15-9-10-18(25-13-15)32-17-8-6-7-16-19(17)23(4,5)14-31-16/h6-10,13H,11-12,14H2,1-5H3,(H,26,28)(H,29,30)/p-1. The minimum absolute atomic E-state index is 0.170. The van der Waals surface area contributed by atoms with Crippen LogP contribution >= 0.6 is 0 Å². The molecule has 32 heavy (non-hydrogen) atoms. The molecule has 8 heteroatoms. The minimum atomic E-state index is -1.35. The number of carboxylic acid groups (broad SMARTS) is 1. The largest absolute Gasteiger partial charge is 0.530 e. The molecule has 2 aliphatic rings. The zero-order chi connectivity index (χ0) is 23.3. The summed E-state index contributed by atoms with van der Waals surface area (Å²) in [5.74, 6) is 1.49. The molecule has 1 aliphatic heterocycles. The lowest BCUT2D eigenvalue weighted by Crippen LogP contribution is -2.61. The number of hydrogen-bond donors (Lipinski definition) is 1. The summed E-state index contributed by atoms with van der Waals surface area (Å²) in [4.78, 5) is 30.1. The van der Waals surface area contributed by atoms with Crippen LogP contribution in [0.15, 0.2) is 36.5 Å².